The molecule has 0 unspecified atom stereocenters. The highest BCUT2D eigenvalue weighted by Gasteiger charge is 2.15. The highest BCUT2D eigenvalue weighted by atomic mass is 32.2. The van der Waals surface area contributed by atoms with E-state index in [2.05, 4.69) is 16.4 Å². The molecule has 1 aromatic heterocycles. The number of para-hydroxylation sites is 1. The molecule has 7 nitrogen and oxygen atoms in total. The van der Waals surface area contributed by atoms with Crippen molar-refractivity contribution in [2.24, 2.45) is 0 Å². The smallest absolute Gasteiger partial charge is 0.309 e. The van der Waals surface area contributed by atoms with Gasteiger partial charge in [-0.3, -0.25) is 14.4 Å². The number of nitrogens with zero attached hydrogens (tertiary/aromatic N) is 1. The van der Waals surface area contributed by atoms with Crippen LogP contribution in [-0.4, -0.2) is 24.0 Å². The number of nitriles is 1. The maximum absolute atomic E-state index is 12.8. The number of H-pyrrole nitrogens is 1. The van der Waals surface area contributed by atoms with Gasteiger partial charge in [0.2, 0.25) is 5.56 Å². The van der Waals surface area contributed by atoms with Gasteiger partial charge < -0.3 is 15.0 Å². The highest BCUT2D eigenvalue weighted by Crippen LogP contribution is 2.31. The number of benzene rings is 3. The Morgan fingerprint density at radius 2 is 1.73 bits per heavy atom. The van der Waals surface area contributed by atoms with Crippen LogP contribution < -0.4 is 10.9 Å². The molecule has 184 valence electrons. The second kappa shape index (κ2) is 11.9. The molecule has 0 saturated heterocycles. The third kappa shape index (κ3) is 6.54. The number of hydrogen-bond donors (Lipinski definition) is 2. The molecule has 0 saturated carbocycles. The van der Waals surface area contributed by atoms with E-state index in [1.165, 1.54) is 24.9 Å². The molecule has 1 heterocycles. The van der Waals surface area contributed by atoms with E-state index >= 15 is 0 Å². The van der Waals surface area contributed by atoms with Crippen molar-refractivity contribution >= 4 is 29.3 Å². The Hall–Kier alpha value is -4.61. The number of nitrogens with one attached hydrogen (secondary N) is 2. The van der Waals surface area contributed by atoms with Gasteiger partial charge in [0.25, 0.3) is 5.91 Å². The number of aromatic nitrogens is 1. The maximum atomic E-state index is 12.8. The van der Waals surface area contributed by atoms with Gasteiger partial charge >= 0.3 is 5.97 Å². The van der Waals surface area contributed by atoms with Crippen molar-refractivity contribution in [2.45, 2.75) is 17.2 Å². The van der Waals surface area contributed by atoms with E-state index in [0.29, 0.717) is 38.7 Å². The fourth-order valence-corrected chi connectivity index (χ4v) is 4.72. The van der Waals surface area contributed by atoms with Crippen molar-refractivity contribution in [3.8, 4) is 17.2 Å². The van der Waals surface area contributed by atoms with Crippen LogP contribution in [-0.2, 0) is 21.7 Å². The standard InChI is InChI=1S/C29H23N3O4S/c1-36-27(34)14-19-7-5-8-20(13-19)18-37-29-25(17-30)24(16-26(33)32-29)21-9-6-10-22(15-21)28(35)31-23-11-3-2-4-12-23/h2-13,15-16H,14,18H2,1H3,(H,31,35)(H,32,33). The number of thioether (sulfide) groups is 1. The lowest BCUT2D eigenvalue weighted by molar-refractivity contribution is -0.139. The Labute approximate surface area is 218 Å². The van der Waals surface area contributed by atoms with Gasteiger partial charge in [0.1, 0.15) is 6.07 Å². The molecule has 0 spiro atoms. The van der Waals surface area contributed by atoms with Gasteiger partial charge in [-0.05, 0) is 41.0 Å². The summed E-state index contributed by atoms with van der Waals surface area (Å²) in [7, 11) is 1.35. The number of ether oxygens (including phenoxy) is 1. The summed E-state index contributed by atoms with van der Waals surface area (Å²) in [6.07, 6.45) is 0.166. The van der Waals surface area contributed by atoms with Crippen molar-refractivity contribution < 1.29 is 14.3 Å². The van der Waals surface area contributed by atoms with E-state index in [1.807, 2.05) is 42.5 Å². The fraction of sp³-hybridized carbons (Fsp3) is 0.103. The Bertz CT molecular complexity index is 1540. The summed E-state index contributed by atoms with van der Waals surface area (Å²) < 4.78 is 4.73. The first-order valence-corrected chi connectivity index (χ1v) is 12.4. The number of pyridine rings is 1. The first-order valence-electron chi connectivity index (χ1n) is 11.4. The van der Waals surface area contributed by atoms with Crippen LogP contribution in [0.15, 0.2) is 94.7 Å². The van der Waals surface area contributed by atoms with Crippen LogP contribution in [0, 0.1) is 11.3 Å². The van der Waals surface area contributed by atoms with E-state index in [1.54, 1.807) is 36.4 Å². The molecule has 0 radical (unpaired) electrons. The van der Waals surface area contributed by atoms with Crippen molar-refractivity contribution in [3.63, 3.8) is 0 Å². The predicted octanol–water partition coefficient (Wildman–Crippen LogP) is 5.17. The molecule has 37 heavy (non-hydrogen) atoms. The average Bonchev–Trinajstić information content (AvgIpc) is 2.92. The second-order valence-corrected chi connectivity index (χ2v) is 9.11. The summed E-state index contributed by atoms with van der Waals surface area (Å²) in [5, 5.41) is 13.3. The highest BCUT2D eigenvalue weighted by molar-refractivity contribution is 7.98. The quantitative estimate of drug-likeness (QED) is 0.250. The minimum Gasteiger partial charge on any atom is -0.469 e. The van der Waals surface area contributed by atoms with Crippen LogP contribution in [0.1, 0.15) is 27.0 Å². The lowest BCUT2D eigenvalue weighted by Crippen LogP contribution is -2.12. The summed E-state index contributed by atoms with van der Waals surface area (Å²) in [6.45, 7) is 0. The number of esters is 1. The summed E-state index contributed by atoms with van der Waals surface area (Å²) in [5.41, 5.74) is 3.82. The molecule has 0 aliphatic carbocycles. The van der Waals surface area contributed by atoms with Gasteiger partial charge in [-0.15, -0.1) is 11.8 Å². The molecule has 3 aromatic carbocycles. The second-order valence-electron chi connectivity index (χ2n) is 8.13. The number of anilines is 1. The topological polar surface area (TPSA) is 112 Å². The molecule has 0 fully saturated rings. The lowest BCUT2D eigenvalue weighted by atomic mass is 10.00. The van der Waals surface area contributed by atoms with E-state index in [4.69, 9.17) is 4.74 Å². The Kier molecular flexibility index (Phi) is 8.18. The van der Waals surface area contributed by atoms with Crippen LogP contribution in [0.25, 0.3) is 11.1 Å². The number of aromatic amines is 1. The van der Waals surface area contributed by atoms with Crippen LogP contribution in [0.3, 0.4) is 0 Å². The van der Waals surface area contributed by atoms with Crippen molar-refractivity contribution in [3.05, 3.63) is 118 Å². The maximum Gasteiger partial charge on any atom is 0.309 e. The Balaban J connectivity index is 1.59. The molecule has 4 aromatic rings. The normalized spacial score (nSPS) is 10.4. The lowest BCUT2D eigenvalue weighted by Gasteiger charge is -2.11. The van der Waals surface area contributed by atoms with Gasteiger partial charge in [-0.2, -0.15) is 5.26 Å². The molecule has 0 bridgehead atoms. The summed E-state index contributed by atoms with van der Waals surface area (Å²) in [5.74, 6) is -0.145. The van der Waals surface area contributed by atoms with Crippen molar-refractivity contribution in [1.82, 2.24) is 4.98 Å². The van der Waals surface area contributed by atoms with Crippen molar-refractivity contribution in [2.75, 3.05) is 12.4 Å². The molecule has 1 amide bonds. The summed E-state index contributed by atoms with van der Waals surface area (Å²) in [4.78, 5) is 39.7. The van der Waals surface area contributed by atoms with E-state index < -0.39 is 0 Å². The molecular formula is C29H23N3O4S. The molecule has 0 aliphatic rings. The minimum atomic E-state index is -0.352. The third-order valence-corrected chi connectivity index (χ3v) is 6.61. The average molecular weight is 510 g/mol. The van der Waals surface area contributed by atoms with Gasteiger partial charge in [-0.1, -0.05) is 54.6 Å². The monoisotopic (exact) mass is 509 g/mol. The Morgan fingerprint density at radius 1 is 0.973 bits per heavy atom. The zero-order valence-corrected chi connectivity index (χ0v) is 20.8. The number of hydrogen-bond acceptors (Lipinski definition) is 6. The number of carbonyl (C=O) groups is 2. The van der Waals surface area contributed by atoms with Gasteiger partial charge in [0.05, 0.1) is 24.1 Å². The molecule has 4 rings (SSSR count). The first kappa shape index (κ1) is 25.5. The summed E-state index contributed by atoms with van der Waals surface area (Å²) in [6, 6.07) is 27.0. The van der Waals surface area contributed by atoms with E-state index in [-0.39, 0.29) is 23.9 Å². The molecule has 0 aliphatic heterocycles. The van der Waals surface area contributed by atoms with E-state index in [9.17, 15) is 19.6 Å². The largest absolute Gasteiger partial charge is 0.469 e. The number of amides is 1. The number of methoxy groups -OCH3 is 1. The third-order valence-electron chi connectivity index (χ3n) is 5.54. The Morgan fingerprint density at radius 3 is 2.49 bits per heavy atom. The SMILES string of the molecule is COC(=O)Cc1cccc(CSc2[nH]c(=O)cc(-c3cccc(C(=O)Nc4ccccc4)c3)c2C#N)c1. The van der Waals surface area contributed by atoms with Crippen LogP contribution in [0.2, 0.25) is 0 Å². The predicted molar refractivity (Wildman–Crippen MR) is 143 cm³/mol. The first-order chi connectivity index (χ1) is 18.0. The van der Waals surface area contributed by atoms with Crippen LogP contribution in [0.4, 0.5) is 5.69 Å². The van der Waals surface area contributed by atoms with Crippen LogP contribution >= 0.6 is 11.8 Å². The van der Waals surface area contributed by atoms with Gasteiger partial charge in [0, 0.05) is 28.6 Å². The fourth-order valence-electron chi connectivity index (χ4n) is 3.76. The zero-order chi connectivity index (χ0) is 26.2. The van der Waals surface area contributed by atoms with Crippen LogP contribution in [0.5, 0.6) is 0 Å². The minimum absolute atomic E-state index is 0.166. The molecule has 2 N–H and O–H groups in total. The van der Waals surface area contributed by atoms with Gasteiger partial charge in [-0.25, -0.2) is 0 Å². The summed E-state index contributed by atoms with van der Waals surface area (Å²) >= 11 is 1.32. The number of carbonyl (C=O) groups excluding carboxylic acids is 2. The zero-order valence-electron chi connectivity index (χ0n) is 20.0. The van der Waals surface area contributed by atoms with Gasteiger partial charge in [0.15, 0.2) is 0 Å². The molecule has 8 heteroatoms. The van der Waals surface area contributed by atoms with E-state index in [0.717, 1.165) is 11.1 Å². The molecule has 0 atom stereocenters. The number of rotatable bonds is 8. The molecular weight excluding hydrogens is 486 g/mol. The van der Waals surface area contributed by atoms with Crippen molar-refractivity contribution in [1.29, 1.82) is 5.26 Å².